The van der Waals surface area contributed by atoms with Gasteiger partial charge in [-0.1, -0.05) is 50.0 Å². The fourth-order valence-electron chi connectivity index (χ4n) is 1.78. The first-order valence-electron chi connectivity index (χ1n) is 7.58. The van der Waals surface area contributed by atoms with E-state index in [0.717, 1.165) is 0 Å². The van der Waals surface area contributed by atoms with Gasteiger partial charge >= 0.3 is 0 Å². The highest BCUT2D eigenvalue weighted by atomic mass is 16.5. The van der Waals surface area contributed by atoms with E-state index in [2.05, 4.69) is 23.7 Å². The molecular formula is C21H20O3. The van der Waals surface area contributed by atoms with E-state index >= 15 is 0 Å². The van der Waals surface area contributed by atoms with Crippen molar-refractivity contribution in [1.82, 2.24) is 0 Å². The van der Waals surface area contributed by atoms with Crippen molar-refractivity contribution in [3.05, 3.63) is 59.7 Å². The molecule has 0 heterocycles. The Bertz CT molecular complexity index is 731. The van der Waals surface area contributed by atoms with Gasteiger partial charge in [-0.15, -0.1) is 0 Å². The Morgan fingerprint density at radius 1 is 0.750 bits per heavy atom. The van der Waals surface area contributed by atoms with Crippen LogP contribution in [0.15, 0.2) is 48.5 Å². The number of carbonyl (C=O) groups excluding carboxylic acids is 1. The molecule has 0 radical (unpaired) electrons. The van der Waals surface area contributed by atoms with Crippen molar-refractivity contribution in [3.63, 3.8) is 0 Å². The second-order valence-corrected chi connectivity index (χ2v) is 4.23. The minimum absolute atomic E-state index is 0.461. The molecule has 122 valence electrons. The number of hydrogen-bond donors (Lipinski definition) is 0. The summed E-state index contributed by atoms with van der Waals surface area (Å²) in [6.45, 7) is 4.00. The number of Topliss-reactive ketones (excluding diaryl/α,β-unsaturated/α-hetero) is 1. The van der Waals surface area contributed by atoms with Crippen molar-refractivity contribution < 1.29 is 14.3 Å². The van der Waals surface area contributed by atoms with Crippen LogP contribution in [0.2, 0.25) is 0 Å². The zero-order chi connectivity index (χ0) is 17.8. The summed E-state index contributed by atoms with van der Waals surface area (Å²) in [5, 5.41) is 0. The lowest BCUT2D eigenvalue weighted by Crippen LogP contribution is -1.91. The first kappa shape index (κ1) is 18.9. The van der Waals surface area contributed by atoms with Crippen LogP contribution in [0, 0.1) is 23.7 Å². The van der Waals surface area contributed by atoms with Crippen LogP contribution in [-0.4, -0.2) is 20.0 Å². The van der Waals surface area contributed by atoms with Gasteiger partial charge in [0.25, 0.3) is 5.78 Å². The number of hydrogen-bond acceptors (Lipinski definition) is 3. The van der Waals surface area contributed by atoms with E-state index in [0.29, 0.717) is 22.6 Å². The minimum Gasteiger partial charge on any atom is -0.495 e. The second kappa shape index (κ2) is 10.5. The Kier molecular flexibility index (Phi) is 8.29. The summed E-state index contributed by atoms with van der Waals surface area (Å²) in [6, 6.07) is 14.5. The summed E-state index contributed by atoms with van der Waals surface area (Å²) in [5.41, 5.74) is 1.30. The fraction of sp³-hybridized carbons (Fsp3) is 0.190. The predicted molar refractivity (Wildman–Crippen MR) is 96.1 cm³/mol. The predicted octanol–water partition coefficient (Wildman–Crippen LogP) is 3.70. The van der Waals surface area contributed by atoms with Crippen LogP contribution in [0.1, 0.15) is 25.0 Å². The van der Waals surface area contributed by atoms with Gasteiger partial charge in [-0.2, -0.15) is 0 Å². The molecule has 0 bridgehead atoms. The molecule has 0 aromatic heterocycles. The quantitative estimate of drug-likeness (QED) is 0.792. The Labute approximate surface area is 143 Å². The topological polar surface area (TPSA) is 35.5 Å². The van der Waals surface area contributed by atoms with Crippen molar-refractivity contribution in [1.29, 1.82) is 0 Å². The Balaban J connectivity index is 0.00000139. The lowest BCUT2D eigenvalue weighted by molar-refractivity contribution is -0.108. The summed E-state index contributed by atoms with van der Waals surface area (Å²) < 4.78 is 10.3. The maximum Gasteiger partial charge on any atom is 0.279 e. The standard InChI is InChI=1S/C19H14O3.C2H6/c1-21-18-9-5-3-7-15(18)11-13-17(20)14-12-16-8-4-6-10-19(16)22-2;1-2/h3-10H,1-2H3;1-2H3. The monoisotopic (exact) mass is 320 g/mol. The molecule has 0 aliphatic carbocycles. The molecule has 0 fully saturated rings. The average molecular weight is 320 g/mol. The molecule has 3 heteroatoms. The van der Waals surface area contributed by atoms with Crippen LogP contribution < -0.4 is 9.47 Å². The molecule has 0 N–H and O–H groups in total. The molecule has 0 aliphatic rings. The van der Waals surface area contributed by atoms with Gasteiger partial charge in [0, 0.05) is 0 Å². The van der Waals surface area contributed by atoms with Crippen LogP contribution >= 0.6 is 0 Å². The van der Waals surface area contributed by atoms with Crippen molar-refractivity contribution >= 4 is 5.78 Å². The normalized spacial score (nSPS) is 8.33. The zero-order valence-corrected chi connectivity index (χ0v) is 14.3. The lowest BCUT2D eigenvalue weighted by Gasteiger charge is -2.00. The van der Waals surface area contributed by atoms with E-state index in [9.17, 15) is 4.79 Å². The van der Waals surface area contributed by atoms with Crippen LogP contribution in [-0.2, 0) is 4.79 Å². The number of benzene rings is 2. The molecule has 0 spiro atoms. The number of methoxy groups -OCH3 is 2. The van der Waals surface area contributed by atoms with Crippen molar-refractivity contribution in [2.75, 3.05) is 14.2 Å². The van der Waals surface area contributed by atoms with E-state index < -0.39 is 5.78 Å². The van der Waals surface area contributed by atoms with Gasteiger partial charge in [0.2, 0.25) is 0 Å². The third-order valence-corrected chi connectivity index (χ3v) is 2.84. The van der Waals surface area contributed by atoms with Gasteiger partial charge < -0.3 is 9.47 Å². The number of para-hydroxylation sites is 2. The third kappa shape index (κ3) is 5.55. The lowest BCUT2D eigenvalue weighted by atomic mass is 10.2. The van der Waals surface area contributed by atoms with E-state index in [1.807, 2.05) is 38.1 Å². The van der Waals surface area contributed by atoms with E-state index in [-0.39, 0.29) is 0 Å². The first-order valence-corrected chi connectivity index (χ1v) is 7.58. The summed E-state index contributed by atoms with van der Waals surface area (Å²) in [6.07, 6.45) is 0. The van der Waals surface area contributed by atoms with Crippen LogP contribution in [0.4, 0.5) is 0 Å². The maximum absolute atomic E-state index is 11.8. The molecule has 2 rings (SSSR count). The van der Waals surface area contributed by atoms with Gasteiger partial charge in [0.1, 0.15) is 11.5 Å². The number of carbonyl (C=O) groups is 1. The SMILES string of the molecule is CC.COc1ccccc1C#CC(=O)C#Cc1ccccc1OC. The molecule has 0 unspecified atom stereocenters. The average Bonchev–Trinajstić information content (AvgIpc) is 2.66. The van der Waals surface area contributed by atoms with E-state index in [4.69, 9.17) is 9.47 Å². The molecule has 0 amide bonds. The van der Waals surface area contributed by atoms with Gasteiger partial charge in [-0.05, 0) is 36.1 Å². The number of rotatable bonds is 2. The van der Waals surface area contributed by atoms with Gasteiger partial charge in [0.15, 0.2) is 0 Å². The van der Waals surface area contributed by atoms with Crippen molar-refractivity contribution in [2.45, 2.75) is 13.8 Å². The highest BCUT2D eigenvalue weighted by molar-refractivity contribution is 6.09. The molecular weight excluding hydrogens is 300 g/mol. The first-order chi connectivity index (χ1) is 11.7. The van der Waals surface area contributed by atoms with Crippen molar-refractivity contribution in [2.24, 2.45) is 0 Å². The maximum atomic E-state index is 11.8. The van der Waals surface area contributed by atoms with Crippen LogP contribution in [0.25, 0.3) is 0 Å². The Hall–Kier alpha value is -3.17. The number of ether oxygens (including phenoxy) is 2. The third-order valence-electron chi connectivity index (χ3n) is 2.84. The molecule has 3 nitrogen and oxygen atoms in total. The Morgan fingerprint density at radius 2 is 1.12 bits per heavy atom. The molecule has 2 aromatic rings. The molecule has 0 atom stereocenters. The summed E-state index contributed by atoms with van der Waals surface area (Å²) >= 11 is 0. The molecule has 0 saturated heterocycles. The summed E-state index contributed by atoms with van der Waals surface area (Å²) in [4.78, 5) is 11.8. The molecule has 0 aliphatic heterocycles. The van der Waals surface area contributed by atoms with Gasteiger partial charge in [0.05, 0.1) is 25.3 Å². The fourth-order valence-corrected chi connectivity index (χ4v) is 1.78. The van der Waals surface area contributed by atoms with Crippen LogP contribution in [0.5, 0.6) is 11.5 Å². The van der Waals surface area contributed by atoms with Crippen molar-refractivity contribution in [3.8, 4) is 35.2 Å². The zero-order valence-electron chi connectivity index (χ0n) is 14.3. The van der Waals surface area contributed by atoms with E-state index in [1.54, 1.807) is 38.5 Å². The summed E-state index contributed by atoms with van der Waals surface area (Å²) in [7, 11) is 3.12. The highest BCUT2D eigenvalue weighted by Gasteiger charge is 1.99. The molecule has 2 aromatic carbocycles. The van der Waals surface area contributed by atoms with Gasteiger partial charge in [-0.3, -0.25) is 4.79 Å². The smallest absolute Gasteiger partial charge is 0.279 e. The molecule has 24 heavy (non-hydrogen) atoms. The summed E-state index contributed by atoms with van der Waals surface area (Å²) in [5.74, 6) is 11.3. The minimum atomic E-state index is -0.461. The highest BCUT2D eigenvalue weighted by Crippen LogP contribution is 2.16. The van der Waals surface area contributed by atoms with Gasteiger partial charge in [-0.25, -0.2) is 0 Å². The molecule has 0 saturated carbocycles. The van der Waals surface area contributed by atoms with E-state index in [1.165, 1.54) is 0 Å². The Morgan fingerprint density at radius 3 is 1.50 bits per heavy atom. The largest absolute Gasteiger partial charge is 0.495 e. The van der Waals surface area contributed by atoms with Crippen LogP contribution in [0.3, 0.4) is 0 Å². The second-order valence-electron chi connectivity index (χ2n) is 4.23. The number of ketones is 1.